The van der Waals surface area contributed by atoms with Gasteiger partial charge in [0.1, 0.15) is 0 Å². The highest BCUT2D eigenvalue weighted by Crippen LogP contribution is 2.00. The summed E-state index contributed by atoms with van der Waals surface area (Å²) in [5.74, 6) is -0.486. The number of nitrogens with two attached hydrogens (primary N) is 2. The minimum Gasteiger partial charge on any atom is -0.396 e. The Labute approximate surface area is 85.1 Å². The molecule has 0 aliphatic rings. The second-order valence-corrected chi connectivity index (χ2v) is 3.67. The molecule has 0 aliphatic carbocycles. The maximum Gasteiger partial charge on any atom is 0.235 e. The Morgan fingerprint density at radius 1 is 1.50 bits per heavy atom. The second-order valence-electron chi connectivity index (χ2n) is 3.67. The van der Waals surface area contributed by atoms with Crippen molar-refractivity contribution in [1.29, 1.82) is 0 Å². The van der Waals surface area contributed by atoms with Gasteiger partial charge in [-0.25, -0.2) is 0 Å². The topological polar surface area (TPSA) is 92.6 Å². The van der Waals surface area contributed by atoms with Crippen molar-refractivity contribution in [3.8, 4) is 0 Å². The van der Waals surface area contributed by atoms with Gasteiger partial charge in [-0.3, -0.25) is 9.69 Å². The van der Waals surface area contributed by atoms with Crippen LogP contribution in [-0.4, -0.2) is 47.7 Å². The summed E-state index contributed by atoms with van der Waals surface area (Å²) in [6, 6.07) is -0.331. The largest absolute Gasteiger partial charge is 0.396 e. The van der Waals surface area contributed by atoms with Crippen LogP contribution in [0.15, 0.2) is 0 Å². The summed E-state index contributed by atoms with van der Waals surface area (Å²) in [6.07, 6.45) is 0.684. The molecule has 0 saturated carbocycles. The minimum absolute atomic E-state index is 0.148. The number of carbonyl (C=O) groups is 1. The van der Waals surface area contributed by atoms with Gasteiger partial charge in [0, 0.05) is 25.7 Å². The van der Waals surface area contributed by atoms with E-state index in [0.29, 0.717) is 19.0 Å². The molecule has 0 aromatic carbocycles. The van der Waals surface area contributed by atoms with Crippen LogP contribution in [0.5, 0.6) is 0 Å². The zero-order chi connectivity index (χ0) is 11.1. The van der Waals surface area contributed by atoms with E-state index >= 15 is 0 Å². The zero-order valence-electron chi connectivity index (χ0n) is 8.94. The first-order chi connectivity index (χ1) is 6.49. The van der Waals surface area contributed by atoms with Crippen molar-refractivity contribution in [2.75, 3.05) is 19.7 Å². The first-order valence-electron chi connectivity index (χ1n) is 4.88. The van der Waals surface area contributed by atoms with Crippen LogP contribution in [0.2, 0.25) is 0 Å². The third kappa shape index (κ3) is 5.16. The van der Waals surface area contributed by atoms with Crippen LogP contribution in [0.25, 0.3) is 0 Å². The zero-order valence-corrected chi connectivity index (χ0v) is 8.94. The smallest absolute Gasteiger partial charge is 0.235 e. The number of amides is 1. The van der Waals surface area contributed by atoms with Crippen molar-refractivity contribution in [3.05, 3.63) is 0 Å². The van der Waals surface area contributed by atoms with Crippen molar-refractivity contribution in [1.82, 2.24) is 4.90 Å². The van der Waals surface area contributed by atoms with Crippen LogP contribution in [0.1, 0.15) is 20.3 Å². The summed E-state index contributed by atoms with van der Waals surface area (Å²) in [5.41, 5.74) is 10.6. The fraction of sp³-hybridized carbons (Fsp3) is 0.889. The first kappa shape index (κ1) is 13.4. The van der Waals surface area contributed by atoms with E-state index in [1.165, 1.54) is 0 Å². The van der Waals surface area contributed by atoms with Crippen LogP contribution in [0, 0.1) is 0 Å². The average molecular weight is 203 g/mol. The lowest BCUT2D eigenvalue weighted by atomic mass is 10.2. The molecular weight excluding hydrogens is 182 g/mol. The molecule has 84 valence electrons. The molecule has 5 heteroatoms. The molecule has 0 aromatic rings. The number of aliphatic hydroxyl groups is 1. The van der Waals surface area contributed by atoms with Crippen LogP contribution < -0.4 is 11.5 Å². The number of rotatable bonds is 7. The van der Waals surface area contributed by atoms with Gasteiger partial charge in [0.25, 0.3) is 0 Å². The Hall–Kier alpha value is -0.650. The van der Waals surface area contributed by atoms with Crippen molar-refractivity contribution in [2.45, 2.75) is 32.4 Å². The van der Waals surface area contributed by atoms with Crippen LogP contribution in [0.3, 0.4) is 0 Å². The van der Waals surface area contributed by atoms with Crippen LogP contribution in [-0.2, 0) is 4.79 Å². The molecule has 1 atom stereocenters. The molecule has 0 bridgehead atoms. The number of carbonyl (C=O) groups excluding carboxylic acids is 1. The van der Waals surface area contributed by atoms with Gasteiger partial charge < -0.3 is 16.6 Å². The molecular formula is C9H21N3O2. The van der Waals surface area contributed by atoms with Crippen molar-refractivity contribution in [3.63, 3.8) is 0 Å². The lowest BCUT2D eigenvalue weighted by Gasteiger charge is -2.27. The molecule has 0 aliphatic heterocycles. The quantitative estimate of drug-likeness (QED) is 0.489. The van der Waals surface area contributed by atoms with Crippen molar-refractivity contribution >= 4 is 5.91 Å². The van der Waals surface area contributed by atoms with E-state index in [1.54, 1.807) is 0 Å². The first-order valence-corrected chi connectivity index (χ1v) is 4.88. The summed E-state index contributed by atoms with van der Waals surface area (Å²) in [4.78, 5) is 12.8. The van der Waals surface area contributed by atoms with E-state index < -0.39 is 11.9 Å². The average Bonchev–Trinajstić information content (AvgIpc) is 2.10. The third-order valence-electron chi connectivity index (χ3n) is 2.13. The van der Waals surface area contributed by atoms with Gasteiger partial charge in [0.05, 0.1) is 6.04 Å². The highest BCUT2D eigenvalue weighted by molar-refractivity contribution is 5.79. The molecule has 1 unspecified atom stereocenters. The molecule has 5 N–H and O–H groups in total. The Morgan fingerprint density at radius 2 is 2.07 bits per heavy atom. The molecule has 0 spiro atoms. The third-order valence-corrected chi connectivity index (χ3v) is 2.13. The molecule has 0 aromatic heterocycles. The summed E-state index contributed by atoms with van der Waals surface area (Å²) < 4.78 is 0. The van der Waals surface area contributed by atoms with E-state index in [0.717, 1.165) is 6.54 Å². The molecule has 0 saturated heterocycles. The number of nitrogens with zero attached hydrogens (tertiary/aromatic N) is 1. The standard InChI is InChI=1S/C9H21N3O2/c1-7(2)12(4-3-5-13)6-8(10)9(11)14/h7-8,13H,3-6,10H2,1-2H3,(H2,11,14). The van der Waals surface area contributed by atoms with E-state index in [1.807, 2.05) is 18.7 Å². The summed E-state index contributed by atoms with van der Waals surface area (Å²) in [6.45, 7) is 5.37. The predicted molar refractivity (Wildman–Crippen MR) is 55.6 cm³/mol. The highest BCUT2D eigenvalue weighted by Gasteiger charge is 2.16. The summed E-state index contributed by atoms with van der Waals surface area (Å²) >= 11 is 0. The van der Waals surface area contributed by atoms with E-state index in [9.17, 15) is 4.79 Å². The molecule has 0 fully saturated rings. The lowest BCUT2D eigenvalue weighted by Crippen LogP contribution is -2.48. The van der Waals surface area contributed by atoms with Crippen LogP contribution >= 0.6 is 0 Å². The van der Waals surface area contributed by atoms with Gasteiger partial charge in [-0.2, -0.15) is 0 Å². The molecule has 0 radical (unpaired) electrons. The van der Waals surface area contributed by atoms with Gasteiger partial charge >= 0.3 is 0 Å². The van der Waals surface area contributed by atoms with Gasteiger partial charge in [-0.05, 0) is 20.3 Å². The number of aliphatic hydroxyl groups excluding tert-OH is 1. The normalized spacial score (nSPS) is 13.6. The maximum absolute atomic E-state index is 10.8. The molecule has 0 heterocycles. The molecule has 1 amide bonds. The SMILES string of the molecule is CC(C)N(CCCO)CC(N)C(N)=O. The van der Waals surface area contributed by atoms with E-state index in [-0.39, 0.29) is 6.61 Å². The number of primary amides is 1. The number of hydrogen-bond donors (Lipinski definition) is 3. The van der Waals surface area contributed by atoms with Crippen molar-refractivity contribution in [2.24, 2.45) is 11.5 Å². The number of hydrogen-bond acceptors (Lipinski definition) is 4. The van der Waals surface area contributed by atoms with Crippen LogP contribution in [0.4, 0.5) is 0 Å². The maximum atomic E-state index is 10.8. The van der Waals surface area contributed by atoms with Crippen molar-refractivity contribution < 1.29 is 9.90 Å². The summed E-state index contributed by atoms with van der Waals surface area (Å²) in [5, 5.41) is 8.69. The Balaban J connectivity index is 4.02. The van der Waals surface area contributed by atoms with Gasteiger partial charge in [-0.1, -0.05) is 0 Å². The Kier molecular flexibility index (Phi) is 6.44. The fourth-order valence-electron chi connectivity index (χ4n) is 1.18. The minimum atomic E-state index is -0.629. The molecule has 0 rings (SSSR count). The monoisotopic (exact) mass is 203 g/mol. The van der Waals surface area contributed by atoms with Gasteiger partial charge in [0.15, 0.2) is 0 Å². The van der Waals surface area contributed by atoms with Gasteiger partial charge in [-0.15, -0.1) is 0 Å². The second kappa shape index (κ2) is 6.75. The van der Waals surface area contributed by atoms with E-state index in [4.69, 9.17) is 16.6 Å². The molecule has 5 nitrogen and oxygen atoms in total. The Morgan fingerprint density at radius 3 is 2.43 bits per heavy atom. The summed E-state index contributed by atoms with van der Waals surface area (Å²) in [7, 11) is 0. The van der Waals surface area contributed by atoms with Gasteiger partial charge in [0.2, 0.25) is 5.91 Å². The highest BCUT2D eigenvalue weighted by atomic mass is 16.3. The fourth-order valence-corrected chi connectivity index (χ4v) is 1.18. The van der Waals surface area contributed by atoms with E-state index in [2.05, 4.69) is 0 Å². The Bertz CT molecular complexity index is 173. The molecule has 14 heavy (non-hydrogen) atoms. The lowest BCUT2D eigenvalue weighted by molar-refractivity contribution is -0.119. The predicted octanol–water partition coefficient (Wildman–Crippen LogP) is -1.11.